The Hall–Kier alpha value is -2.60. The predicted octanol–water partition coefficient (Wildman–Crippen LogP) is 2.29. The monoisotopic (exact) mass is 219 g/mol. The smallest absolute Gasteiger partial charge is 0.114 e. The highest BCUT2D eigenvalue weighted by Gasteiger charge is 1.99. The summed E-state index contributed by atoms with van der Waals surface area (Å²) in [6.07, 6.45) is 0. The summed E-state index contributed by atoms with van der Waals surface area (Å²) in [4.78, 5) is 0. The van der Waals surface area contributed by atoms with Gasteiger partial charge in [0, 0.05) is 11.6 Å². The molecule has 0 bridgehead atoms. The molecule has 1 aromatic heterocycles. The first-order valence-corrected chi connectivity index (χ1v) is 5.31. The fraction of sp³-hybridized carbons (Fsp3) is 0. The standard InChI is InChI=1S/C14H9N3/c1-2-6-12(7-3-1)10-11-17-14-9-5-4-8-13(14)15-16-17/h1-9H. The highest BCUT2D eigenvalue weighted by atomic mass is 15.4. The summed E-state index contributed by atoms with van der Waals surface area (Å²) < 4.78 is 1.60. The number of hydrogen-bond acceptors (Lipinski definition) is 2. The van der Waals surface area contributed by atoms with Gasteiger partial charge in [-0.1, -0.05) is 35.5 Å². The molecule has 3 aromatic rings. The Bertz CT molecular complexity index is 702. The van der Waals surface area contributed by atoms with E-state index in [2.05, 4.69) is 22.3 Å². The minimum Gasteiger partial charge on any atom is -0.169 e. The molecule has 0 unspecified atom stereocenters. The van der Waals surface area contributed by atoms with Crippen molar-refractivity contribution in [3.8, 4) is 12.0 Å². The predicted molar refractivity (Wildman–Crippen MR) is 66.2 cm³/mol. The molecular formula is C14H9N3. The van der Waals surface area contributed by atoms with E-state index in [9.17, 15) is 0 Å². The molecule has 0 radical (unpaired) electrons. The normalized spacial score (nSPS) is 9.88. The summed E-state index contributed by atoms with van der Waals surface area (Å²) in [7, 11) is 0. The third-order valence-corrected chi connectivity index (χ3v) is 2.43. The highest BCUT2D eigenvalue weighted by molar-refractivity contribution is 5.74. The number of rotatable bonds is 0. The Morgan fingerprint density at radius 2 is 1.65 bits per heavy atom. The summed E-state index contributed by atoms with van der Waals surface area (Å²) >= 11 is 0. The summed E-state index contributed by atoms with van der Waals surface area (Å²) in [6, 6.07) is 20.6. The van der Waals surface area contributed by atoms with E-state index in [0.717, 1.165) is 16.6 Å². The molecule has 2 aromatic carbocycles. The van der Waals surface area contributed by atoms with Crippen LogP contribution in [-0.4, -0.2) is 15.0 Å². The van der Waals surface area contributed by atoms with Crippen LogP contribution >= 0.6 is 0 Å². The minimum absolute atomic E-state index is 0.856. The number of benzene rings is 2. The molecule has 3 heteroatoms. The Morgan fingerprint density at radius 1 is 0.882 bits per heavy atom. The van der Waals surface area contributed by atoms with Gasteiger partial charge in [-0.3, -0.25) is 0 Å². The highest BCUT2D eigenvalue weighted by Crippen LogP contribution is 2.08. The summed E-state index contributed by atoms with van der Waals surface area (Å²) in [5.41, 5.74) is 2.75. The zero-order valence-electron chi connectivity index (χ0n) is 9.04. The molecule has 3 nitrogen and oxygen atoms in total. The van der Waals surface area contributed by atoms with Gasteiger partial charge in [-0.2, -0.15) is 4.68 Å². The molecule has 0 fully saturated rings. The Morgan fingerprint density at radius 3 is 2.53 bits per heavy atom. The summed E-state index contributed by atoms with van der Waals surface area (Å²) in [5, 5.41) is 8.04. The fourth-order valence-electron chi connectivity index (χ4n) is 1.59. The van der Waals surface area contributed by atoms with Gasteiger partial charge in [-0.05, 0) is 30.2 Å². The lowest BCUT2D eigenvalue weighted by molar-refractivity contribution is 0.848. The van der Waals surface area contributed by atoms with Gasteiger partial charge in [0.2, 0.25) is 0 Å². The van der Waals surface area contributed by atoms with Crippen molar-refractivity contribution in [2.24, 2.45) is 0 Å². The van der Waals surface area contributed by atoms with E-state index in [1.54, 1.807) is 4.68 Å². The maximum absolute atomic E-state index is 4.04. The van der Waals surface area contributed by atoms with Crippen LogP contribution in [0.15, 0.2) is 54.6 Å². The van der Waals surface area contributed by atoms with Crippen LogP contribution in [0.1, 0.15) is 5.56 Å². The minimum atomic E-state index is 0.856. The molecule has 0 N–H and O–H groups in total. The third kappa shape index (κ3) is 1.88. The number of hydrogen-bond donors (Lipinski definition) is 0. The maximum atomic E-state index is 4.04. The van der Waals surface area contributed by atoms with Gasteiger partial charge in [-0.25, -0.2) is 0 Å². The van der Waals surface area contributed by atoms with Gasteiger partial charge in [0.25, 0.3) is 0 Å². The van der Waals surface area contributed by atoms with Crippen LogP contribution in [0.2, 0.25) is 0 Å². The molecule has 0 spiro atoms. The van der Waals surface area contributed by atoms with Gasteiger partial charge in [0.1, 0.15) is 11.0 Å². The quantitative estimate of drug-likeness (QED) is 0.543. The lowest BCUT2D eigenvalue weighted by Crippen LogP contribution is -1.90. The Kier molecular flexibility index (Phi) is 2.32. The summed E-state index contributed by atoms with van der Waals surface area (Å²) in [5.74, 6) is 3.05. The lowest BCUT2D eigenvalue weighted by Gasteiger charge is -1.89. The van der Waals surface area contributed by atoms with Gasteiger partial charge in [-0.15, -0.1) is 5.10 Å². The first kappa shape index (κ1) is 9.61. The van der Waals surface area contributed by atoms with E-state index in [1.807, 2.05) is 54.6 Å². The third-order valence-electron chi connectivity index (χ3n) is 2.43. The van der Waals surface area contributed by atoms with Gasteiger partial charge < -0.3 is 0 Å². The van der Waals surface area contributed by atoms with Crippen LogP contribution < -0.4 is 0 Å². The Labute approximate surface area is 98.7 Å². The number of para-hydroxylation sites is 1. The van der Waals surface area contributed by atoms with Crippen molar-refractivity contribution >= 4 is 11.0 Å². The van der Waals surface area contributed by atoms with Gasteiger partial charge in [0.05, 0.1) is 0 Å². The SMILES string of the molecule is C(#Cn1nnc2ccccc21)c1ccccc1. The van der Waals surface area contributed by atoms with Gasteiger partial charge >= 0.3 is 0 Å². The van der Waals surface area contributed by atoms with E-state index in [0.29, 0.717) is 0 Å². The zero-order valence-corrected chi connectivity index (χ0v) is 9.04. The van der Waals surface area contributed by atoms with E-state index in [4.69, 9.17) is 0 Å². The molecule has 0 atom stereocenters. The molecule has 0 saturated carbocycles. The molecule has 80 valence electrons. The molecule has 17 heavy (non-hydrogen) atoms. The average molecular weight is 219 g/mol. The van der Waals surface area contributed by atoms with Crippen molar-refractivity contribution in [3.05, 3.63) is 60.2 Å². The molecule has 0 aliphatic heterocycles. The van der Waals surface area contributed by atoms with E-state index in [1.165, 1.54) is 0 Å². The van der Waals surface area contributed by atoms with Gasteiger partial charge in [0.15, 0.2) is 0 Å². The second kappa shape index (κ2) is 4.11. The first-order valence-electron chi connectivity index (χ1n) is 5.31. The number of aromatic nitrogens is 3. The summed E-state index contributed by atoms with van der Waals surface area (Å²) in [6.45, 7) is 0. The molecule has 0 aliphatic rings. The van der Waals surface area contributed by atoms with E-state index >= 15 is 0 Å². The van der Waals surface area contributed by atoms with Crippen molar-refractivity contribution in [2.45, 2.75) is 0 Å². The van der Waals surface area contributed by atoms with Crippen molar-refractivity contribution in [1.29, 1.82) is 0 Å². The first-order chi connectivity index (χ1) is 8.43. The second-order valence-corrected chi connectivity index (χ2v) is 3.59. The van der Waals surface area contributed by atoms with Crippen molar-refractivity contribution in [1.82, 2.24) is 15.0 Å². The van der Waals surface area contributed by atoms with Crippen LogP contribution in [0.5, 0.6) is 0 Å². The largest absolute Gasteiger partial charge is 0.169 e. The maximum Gasteiger partial charge on any atom is 0.114 e. The molecule has 1 heterocycles. The van der Waals surface area contributed by atoms with E-state index in [-0.39, 0.29) is 0 Å². The van der Waals surface area contributed by atoms with Crippen molar-refractivity contribution in [3.63, 3.8) is 0 Å². The van der Waals surface area contributed by atoms with Crippen molar-refractivity contribution < 1.29 is 0 Å². The number of nitrogens with zero attached hydrogens (tertiary/aromatic N) is 3. The van der Waals surface area contributed by atoms with Crippen LogP contribution in [0.3, 0.4) is 0 Å². The van der Waals surface area contributed by atoms with E-state index < -0.39 is 0 Å². The van der Waals surface area contributed by atoms with Crippen LogP contribution in [-0.2, 0) is 0 Å². The van der Waals surface area contributed by atoms with Crippen LogP contribution in [0.25, 0.3) is 11.0 Å². The molecular weight excluding hydrogens is 210 g/mol. The molecule has 0 amide bonds. The zero-order chi connectivity index (χ0) is 11.5. The molecule has 0 aliphatic carbocycles. The Balaban J connectivity index is 2.04. The second-order valence-electron chi connectivity index (χ2n) is 3.59. The molecule has 0 saturated heterocycles. The van der Waals surface area contributed by atoms with Crippen LogP contribution in [0, 0.1) is 12.0 Å². The average Bonchev–Trinajstić information content (AvgIpc) is 2.81. The van der Waals surface area contributed by atoms with Crippen molar-refractivity contribution in [2.75, 3.05) is 0 Å². The lowest BCUT2D eigenvalue weighted by atomic mass is 10.2. The topological polar surface area (TPSA) is 30.7 Å². The number of fused-ring (bicyclic) bond motifs is 1. The fourth-order valence-corrected chi connectivity index (χ4v) is 1.59. The van der Waals surface area contributed by atoms with Crippen LogP contribution in [0.4, 0.5) is 0 Å². The molecule has 3 rings (SSSR count).